The molecule has 0 unspecified atom stereocenters. The summed E-state index contributed by atoms with van der Waals surface area (Å²) in [5.41, 5.74) is 2.22. The van der Waals surface area contributed by atoms with Crippen molar-refractivity contribution in [1.29, 1.82) is 0 Å². The highest BCUT2D eigenvalue weighted by molar-refractivity contribution is 5.80. The normalized spacial score (nSPS) is 12.0. The first kappa shape index (κ1) is 16.1. The summed E-state index contributed by atoms with van der Waals surface area (Å²) < 4.78 is 7.73. The number of ether oxygens (including phenoxy) is 1. The number of hydrogen-bond acceptors (Lipinski definition) is 3. The third-order valence-corrected chi connectivity index (χ3v) is 3.45. The second kappa shape index (κ2) is 7.64. The number of hydrogen-bond donors (Lipinski definition) is 1. The Labute approximate surface area is 131 Å². The van der Waals surface area contributed by atoms with Gasteiger partial charge in [-0.3, -0.25) is 4.79 Å². The van der Waals surface area contributed by atoms with Crippen LogP contribution in [0.2, 0.25) is 0 Å². The first-order valence-electron chi connectivity index (χ1n) is 7.53. The Hall–Kier alpha value is -2.30. The molecule has 0 aliphatic rings. The molecule has 2 aromatic rings. The summed E-state index contributed by atoms with van der Waals surface area (Å²) in [5.74, 6) is 0.664. The number of aromatic nitrogens is 2. The lowest BCUT2D eigenvalue weighted by molar-refractivity contribution is -0.127. The fourth-order valence-electron chi connectivity index (χ4n) is 2.21. The van der Waals surface area contributed by atoms with Crippen LogP contribution in [-0.2, 0) is 11.3 Å². The Kier molecular flexibility index (Phi) is 5.58. The summed E-state index contributed by atoms with van der Waals surface area (Å²) in [6.07, 6.45) is 5.78. The summed E-state index contributed by atoms with van der Waals surface area (Å²) in [6, 6.07) is 5.94. The van der Waals surface area contributed by atoms with Crippen LogP contribution in [0.1, 0.15) is 24.5 Å². The maximum absolute atomic E-state index is 12.0. The van der Waals surface area contributed by atoms with Gasteiger partial charge in [-0.1, -0.05) is 17.7 Å². The Bertz CT molecular complexity index is 608. The molecule has 1 aromatic heterocycles. The van der Waals surface area contributed by atoms with Gasteiger partial charge in [0, 0.05) is 25.5 Å². The topological polar surface area (TPSA) is 56.1 Å². The third kappa shape index (κ3) is 4.62. The predicted molar refractivity (Wildman–Crippen MR) is 85.9 cm³/mol. The van der Waals surface area contributed by atoms with Gasteiger partial charge >= 0.3 is 0 Å². The SMILES string of the molecule is Cc1ccc(O[C@@H](C)C(=O)NCCCn2ccnc2)c(C)c1. The number of aryl methyl sites for hydroxylation is 3. The minimum atomic E-state index is -0.505. The molecule has 5 nitrogen and oxygen atoms in total. The van der Waals surface area contributed by atoms with E-state index in [1.807, 2.05) is 42.8 Å². The lowest BCUT2D eigenvalue weighted by Gasteiger charge is -2.16. The van der Waals surface area contributed by atoms with Crippen LogP contribution in [0.25, 0.3) is 0 Å². The molecule has 22 heavy (non-hydrogen) atoms. The van der Waals surface area contributed by atoms with Crippen LogP contribution >= 0.6 is 0 Å². The van der Waals surface area contributed by atoms with E-state index in [2.05, 4.69) is 10.3 Å². The maximum Gasteiger partial charge on any atom is 0.260 e. The first-order valence-corrected chi connectivity index (χ1v) is 7.53. The summed E-state index contributed by atoms with van der Waals surface area (Å²) in [4.78, 5) is 16.0. The van der Waals surface area contributed by atoms with Crippen LogP contribution in [0.15, 0.2) is 36.9 Å². The van der Waals surface area contributed by atoms with E-state index in [0.717, 1.165) is 24.3 Å². The fraction of sp³-hybridized carbons (Fsp3) is 0.412. The van der Waals surface area contributed by atoms with E-state index in [0.29, 0.717) is 6.54 Å². The van der Waals surface area contributed by atoms with Crippen molar-refractivity contribution in [3.8, 4) is 5.75 Å². The van der Waals surface area contributed by atoms with Gasteiger partial charge in [-0.25, -0.2) is 4.98 Å². The van der Waals surface area contributed by atoms with Gasteiger partial charge < -0.3 is 14.6 Å². The molecular weight excluding hydrogens is 278 g/mol. The second-order valence-corrected chi connectivity index (χ2v) is 5.47. The lowest BCUT2D eigenvalue weighted by atomic mass is 10.1. The zero-order valence-electron chi connectivity index (χ0n) is 13.4. The molecule has 1 atom stereocenters. The summed E-state index contributed by atoms with van der Waals surface area (Å²) >= 11 is 0. The number of carbonyl (C=O) groups is 1. The third-order valence-electron chi connectivity index (χ3n) is 3.45. The summed E-state index contributed by atoms with van der Waals surface area (Å²) in [6.45, 7) is 7.25. The van der Waals surface area contributed by atoms with Gasteiger partial charge in [0.2, 0.25) is 0 Å². The Morgan fingerprint density at radius 3 is 2.91 bits per heavy atom. The molecule has 1 aromatic carbocycles. The van der Waals surface area contributed by atoms with Crippen LogP contribution < -0.4 is 10.1 Å². The van der Waals surface area contributed by atoms with E-state index >= 15 is 0 Å². The van der Waals surface area contributed by atoms with E-state index in [-0.39, 0.29) is 5.91 Å². The van der Waals surface area contributed by atoms with E-state index in [1.54, 1.807) is 19.4 Å². The first-order chi connectivity index (χ1) is 10.6. The minimum absolute atomic E-state index is 0.0920. The fourth-order valence-corrected chi connectivity index (χ4v) is 2.21. The number of benzene rings is 1. The van der Waals surface area contributed by atoms with Gasteiger partial charge in [0.15, 0.2) is 6.10 Å². The Morgan fingerprint density at radius 2 is 2.23 bits per heavy atom. The molecule has 0 aliphatic carbocycles. The molecule has 1 heterocycles. The summed E-state index contributed by atoms with van der Waals surface area (Å²) in [5, 5.41) is 2.90. The van der Waals surface area contributed by atoms with E-state index in [1.165, 1.54) is 5.56 Å². The molecule has 0 saturated heterocycles. The number of nitrogens with one attached hydrogen (secondary N) is 1. The monoisotopic (exact) mass is 301 g/mol. The molecule has 1 amide bonds. The molecule has 118 valence electrons. The molecule has 0 aliphatic heterocycles. The van der Waals surface area contributed by atoms with Crippen molar-refractivity contribution in [1.82, 2.24) is 14.9 Å². The van der Waals surface area contributed by atoms with Crippen LogP contribution in [-0.4, -0.2) is 28.1 Å². The number of rotatable bonds is 7. The highest BCUT2D eigenvalue weighted by Gasteiger charge is 2.14. The van der Waals surface area contributed by atoms with Crippen LogP contribution in [0.4, 0.5) is 0 Å². The average molecular weight is 301 g/mol. The van der Waals surface area contributed by atoms with Crippen molar-refractivity contribution >= 4 is 5.91 Å². The van der Waals surface area contributed by atoms with Crippen molar-refractivity contribution in [2.45, 2.75) is 39.8 Å². The van der Waals surface area contributed by atoms with Crippen molar-refractivity contribution < 1.29 is 9.53 Å². The predicted octanol–water partition coefficient (Wildman–Crippen LogP) is 2.47. The van der Waals surface area contributed by atoms with E-state index in [4.69, 9.17) is 4.74 Å². The number of carbonyl (C=O) groups excluding carboxylic acids is 1. The molecule has 5 heteroatoms. The standard InChI is InChI=1S/C17H23N3O2/c1-13-5-6-16(14(2)11-13)22-15(3)17(21)19-7-4-9-20-10-8-18-12-20/h5-6,8,10-12,15H,4,7,9H2,1-3H3,(H,19,21)/t15-/m0/s1. The molecule has 0 spiro atoms. The highest BCUT2D eigenvalue weighted by atomic mass is 16.5. The number of amides is 1. The molecule has 0 bridgehead atoms. The number of imidazole rings is 1. The van der Waals surface area contributed by atoms with Crippen LogP contribution in [0.5, 0.6) is 5.75 Å². The van der Waals surface area contributed by atoms with Crippen LogP contribution in [0.3, 0.4) is 0 Å². The van der Waals surface area contributed by atoms with Gasteiger partial charge in [-0.05, 0) is 38.8 Å². The number of nitrogens with zero attached hydrogens (tertiary/aromatic N) is 2. The summed E-state index contributed by atoms with van der Waals surface area (Å²) in [7, 11) is 0. The van der Waals surface area contributed by atoms with Crippen molar-refractivity contribution in [2.24, 2.45) is 0 Å². The van der Waals surface area contributed by atoms with Crippen molar-refractivity contribution in [3.05, 3.63) is 48.0 Å². The molecular formula is C17H23N3O2. The van der Waals surface area contributed by atoms with Gasteiger partial charge in [0.05, 0.1) is 6.33 Å². The highest BCUT2D eigenvalue weighted by Crippen LogP contribution is 2.19. The zero-order valence-corrected chi connectivity index (χ0v) is 13.4. The van der Waals surface area contributed by atoms with E-state index < -0.39 is 6.10 Å². The zero-order chi connectivity index (χ0) is 15.9. The molecule has 2 rings (SSSR count). The maximum atomic E-state index is 12.0. The Morgan fingerprint density at radius 1 is 1.41 bits per heavy atom. The Balaban J connectivity index is 1.74. The van der Waals surface area contributed by atoms with Gasteiger partial charge in [-0.2, -0.15) is 0 Å². The molecule has 0 radical (unpaired) electrons. The molecule has 0 saturated carbocycles. The van der Waals surface area contributed by atoms with Gasteiger partial charge in [0.25, 0.3) is 5.91 Å². The quantitative estimate of drug-likeness (QED) is 0.799. The largest absolute Gasteiger partial charge is 0.481 e. The smallest absolute Gasteiger partial charge is 0.260 e. The van der Waals surface area contributed by atoms with Gasteiger partial charge in [0.1, 0.15) is 5.75 Å². The van der Waals surface area contributed by atoms with Gasteiger partial charge in [-0.15, -0.1) is 0 Å². The van der Waals surface area contributed by atoms with E-state index in [9.17, 15) is 4.79 Å². The second-order valence-electron chi connectivity index (χ2n) is 5.47. The molecule has 1 N–H and O–H groups in total. The van der Waals surface area contributed by atoms with Crippen molar-refractivity contribution in [3.63, 3.8) is 0 Å². The minimum Gasteiger partial charge on any atom is -0.481 e. The molecule has 0 fully saturated rings. The lowest BCUT2D eigenvalue weighted by Crippen LogP contribution is -2.37. The van der Waals surface area contributed by atoms with Crippen LogP contribution in [0, 0.1) is 13.8 Å². The average Bonchev–Trinajstić information content (AvgIpc) is 2.99. The van der Waals surface area contributed by atoms with Crippen molar-refractivity contribution in [2.75, 3.05) is 6.54 Å².